The summed E-state index contributed by atoms with van der Waals surface area (Å²) in [5.41, 5.74) is 2.62. The molecule has 3 rings (SSSR count). The highest BCUT2D eigenvalue weighted by Gasteiger charge is 2.17. The molecule has 1 N–H and O–H groups in total. The minimum atomic E-state index is -1.09. The first-order chi connectivity index (χ1) is 9.65. The van der Waals surface area contributed by atoms with Crippen molar-refractivity contribution in [3.8, 4) is 11.5 Å². The average molecular weight is 289 g/mol. The van der Waals surface area contributed by atoms with Gasteiger partial charge in [-0.15, -0.1) is 0 Å². The number of hydrogen-bond donors (Lipinski definition) is 1. The van der Waals surface area contributed by atoms with E-state index in [1.54, 1.807) is 18.2 Å². The number of aryl methyl sites for hydroxylation is 2. The number of benzene rings is 2. The van der Waals surface area contributed by atoms with Gasteiger partial charge >= 0.3 is 5.97 Å². The van der Waals surface area contributed by atoms with E-state index in [1.165, 1.54) is 11.1 Å². The Morgan fingerprint density at radius 2 is 1.95 bits per heavy atom. The number of ether oxygens (including phenoxy) is 1. The predicted octanol–water partition coefficient (Wildman–Crippen LogP) is 4.32. The van der Waals surface area contributed by atoms with Gasteiger partial charge in [0.1, 0.15) is 17.1 Å². The van der Waals surface area contributed by atoms with E-state index in [-0.39, 0.29) is 16.3 Å². The van der Waals surface area contributed by atoms with Crippen molar-refractivity contribution in [1.82, 2.24) is 0 Å². The minimum absolute atomic E-state index is 0.00494. The van der Waals surface area contributed by atoms with Crippen LogP contribution < -0.4 is 4.74 Å². The highest BCUT2D eigenvalue weighted by Crippen LogP contribution is 2.33. The van der Waals surface area contributed by atoms with Gasteiger partial charge in [0.2, 0.25) is 0 Å². The smallest absolute Gasteiger partial charge is 0.341 e. The molecular formula is C16H13ClO3. The minimum Gasteiger partial charge on any atom is -0.478 e. The van der Waals surface area contributed by atoms with Gasteiger partial charge in [-0.05, 0) is 54.7 Å². The summed E-state index contributed by atoms with van der Waals surface area (Å²) in [5, 5.41) is 9.39. The molecule has 4 heteroatoms. The second kappa shape index (κ2) is 5.17. The summed E-state index contributed by atoms with van der Waals surface area (Å²) in [7, 11) is 0. The van der Waals surface area contributed by atoms with E-state index < -0.39 is 5.97 Å². The molecule has 0 aliphatic heterocycles. The van der Waals surface area contributed by atoms with Crippen LogP contribution in [0.25, 0.3) is 0 Å². The number of carboxylic acid groups (broad SMARTS) is 1. The molecule has 0 bridgehead atoms. The van der Waals surface area contributed by atoms with Crippen molar-refractivity contribution in [2.24, 2.45) is 0 Å². The van der Waals surface area contributed by atoms with Gasteiger partial charge in [-0.2, -0.15) is 0 Å². The number of rotatable bonds is 3. The van der Waals surface area contributed by atoms with E-state index in [0.717, 1.165) is 19.3 Å². The van der Waals surface area contributed by atoms with Crippen LogP contribution in [0.15, 0.2) is 36.4 Å². The molecule has 2 aromatic rings. The topological polar surface area (TPSA) is 46.5 Å². The second-order valence-electron chi connectivity index (χ2n) is 4.80. The Kier molecular flexibility index (Phi) is 3.36. The molecule has 0 saturated heterocycles. The number of carbonyl (C=O) groups is 1. The fourth-order valence-electron chi connectivity index (χ4n) is 2.54. The number of hydrogen-bond acceptors (Lipinski definition) is 2. The zero-order valence-electron chi connectivity index (χ0n) is 10.7. The number of halogens is 1. The lowest BCUT2D eigenvalue weighted by atomic mass is 10.1. The first kappa shape index (κ1) is 13.0. The maximum absolute atomic E-state index is 11.3. The van der Waals surface area contributed by atoms with E-state index in [1.807, 2.05) is 18.2 Å². The van der Waals surface area contributed by atoms with Crippen LogP contribution in [0.5, 0.6) is 11.5 Å². The van der Waals surface area contributed by atoms with Crippen LogP contribution in [-0.2, 0) is 12.8 Å². The molecule has 102 valence electrons. The Morgan fingerprint density at radius 3 is 2.75 bits per heavy atom. The van der Waals surface area contributed by atoms with Crippen molar-refractivity contribution < 1.29 is 14.6 Å². The molecule has 20 heavy (non-hydrogen) atoms. The molecule has 3 nitrogen and oxygen atoms in total. The first-order valence-corrected chi connectivity index (χ1v) is 6.84. The molecule has 0 atom stereocenters. The Labute approximate surface area is 121 Å². The Morgan fingerprint density at radius 1 is 1.15 bits per heavy atom. The van der Waals surface area contributed by atoms with Crippen molar-refractivity contribution in [2.45, 2.75) is 19.3 Å². The van der Waals surface area contributed by atoms with Crippen LogP contribution >= 0.6 is 11.6 Å². The molecule has 0 spiro atoms. The molecule has 0 aromatic heterocycles. The Hall–Kier alpha value is -2.00. The summed E-state index contributed by atoms with van der Waals surface area (Å²) >= 11 is 5.92. The quantitative estimate of drug-likeness (QED) is 0.915. The molecule has 1 aliphatic carbocycles. The van der Waals surface area contributed by atoms with E-state index in [4.69, 9.17) is 16.3 Å². The molecule has 0 fully saturated rings. The lowest BCUT2D eigenvalue weighted by Gasteiger charge is -2.11. The number of aromatic carboxylic acids is 1. The van der Waals surface area contributed by atoms with Crippen LogP contribution in [0.4, 0.5) is 0 Å². The second-order valence-corrected chi connectivity index (χ2v) is 5.21. The average Bonchev–Trinajstić information content (AvgIpc) is 2.85. The number of fused-ring (bicyclic) bond motifs is 1. The van der Waals surface area contributed by atoms with E-state index >= 15 is 0 Å². The van der Waals surface area contributed by atoms with Crippen molar-refractivity contribution in [3.63, 3.8) is 0 Å². The molecule has 0 radical (unpaired) electrons. The maximum Gasteiger partial charge on any atom is 0.341 e. The standard InChI is InChI=1S/C16H13ClO3/c17-13-5-2-6-14(15(13)16(18)19)20-12-8-7-10-3-1-4-11(10)9-12/h2,5-9H,1,3-4H2,(H,18,19). The summed E-state index contributed by atoms with van der Waals surface area (Å²) in [4.78, 5) is 11.3. The summed E-state index contributed by atoms with van der Waals surface area (Å²) in [5.74, 6) is -0.176. The molecule has 0 heterocycles. The predicted molar refractivity (Wildman–Crippen MR) is 77.0 cm³/mol. The van der Waals surface area contributed by atoms with Gasteiger partial charge in [0, 0.05) is 0 Å². The largest absolute Gasteiger partial charge is 0.478 e. The van der Waals surface area contributed by atoms with Crippen molar-refractivity contribution in [1.29, 1.82) is 0 Å². The lowest BCUT2D eigenvalue weighted by Crippen LogP contribution is -2.01. The van der Waals surface area contributed by atoms with E-state index in [2.05, 4.69) is 0 Å². The Bertz CT molecular complexity index is 679. The van der Waals surface area contributed by atoms with Gasteiger partial charge in [0.05, 0.1) is 5.02 Å². The van der Waals surface area contributed by atoms with E-state index in [0.29, 0.717) is 5.75 Å². The third-order valence-electron chi connectivity index (χ3n) is 3.49. The van der Waals surface area contributed by atoms with E-state index in [9.17, 15) is 9.90 Å². The lowest BCUT2D eigenvalue weighted by molar-refractivity contribution is 0.0694. The van der Waals surface area contributed by atoms with Gasteiger partial charge in [-0.1, -0.05) is 23.7 Å². The number of carboxylic acids is 1. The van der Waals surface area contributed by atoms with Crippen LogP contribution in [-0.4, -0.2) is 11.1 Å². The highest BCUT2D eigenvalue weighted by molar-refractivity contribution is 6.33. The van der Waals surface area contributed by atoms with Crippen molar-refractivity contribution >= 4 is 17.6 Å². The Balaban J connectivity index is 1.95. The van der Waals surface area contributed by atoms with Gasteiger partial charge in [-0.3, -0.25) is 0 Å². The van der Waals surface area contributed by atoms with Crippen molar-refractivity contribution in [3.05, 3.63) is 58.1 Å². The molecule has 0 amide bonds. The zero-order valence-corrected chi connectivity index (χ0v) is 11.5. The normalized spacial score (nSPS) is 13.1. The third-order valence-corrected chi connectivity index (χ3v) is 3.80. The maximum atomic E-state index is 11.3. The van der Waals surface area contributed by atoms with Gasteiger partial charge in [-0.25, -0.2) is 4.79 Å². The third kappa shape index (κ3) is 2.37. The monoisotopic (exact) mass is 288 g/mol. The molecule has 2 aromatic carbocycles. The molecule has 0 saturated carbocycles. The summed E-state index contributed by atoms with van der Waals surface area (Å²) in [6, 6.07) is 10.7. The van der Waals surface area contributed by atoms with Crippen molar-refractivity contribution in [2.75, 3.05) is 0 Å². The van der Waals surface area contributed by atoms with Crippen LogP contribution in [0.1, 0.15) is 27.9 Å². The van der Waals surface area contributed by atoms with Crippen LogP contribution in [0, 0.1) is 0 Å². The van der Waals surface area contributed by atoms with Crippen LogP contribution in [0.2, 0.25) is 5.02 Å². The fourth-order valence-corrected chi connectivity index (χ4v) is 2.78. The van der Waals surface area contributed by atoms with Gasteiger partial charge < -0.3 is 9.84 Å². The molecule has 1 aliphatic rings. The fraction of sp³-hybridized carbons (Fsp3) is 0.188. The SMILES string of the molecule is O=C(O)c1c(Cl)cccc1Oc1ccc2c(c1)CCC2. The molecular weight excluding hydrogens is 276 g/mol. The summed E-state index contributed by atoms with van der Waals surface area (Å²) in [6.07, 6.45) is 3.32. The highest BCUT2D eigenvalue weighted by atomic mass is 35.5. The summed E-state index contributed by atoms with van der Waals surface area (Å²) in [6.45, 7) is 0. The van der Waals surface area contributed by atoms with Gasteiger partial charge in [0.25, 0.3) is 0 Å². The summed E-state index contributed by atoms with van der Waals surface area (Å²) < 4.78 is 5.71. The first-order valence-electron chi connectivity index (χ1n) is 6.46. The van der Waals surface area contributed by atoms with Gasteiger partial charge in [0.15, 0.2) is 0 Å². The molecule has 0 unspecified atom stereocenters. The zero-order chi connectivity index (χ0) is 14.1. The van der Waals surface area contributed by atoms with Crippen LogP contribution in [0.3, 0.4) is 0 Å².